The highest BCUT2D eigenvalue weighted by Crippen LogP contribution is 2.25. The molecule has 0 unspecified atom stereocenters. The summed E-state index contributed by atoms with van der Waals surface area (Å²) >= 11 is 0. The number of benzene rings is 1. The number of hydrogen-bond donors (Lipinski definition) is 1. The van der Waals surface area contributed by atoms with Gasteiger partial charge in [-0.25, -0.2) is 4.98 Å². The monoisotopic (exact) mass is 369 g/mol. The Bertz CT molecular complexity index is 706. The van der Waals surface area contributed by atoms with Gasteiger partial charge < -0.3 is 10.6 Å². The Morgan fingerprint density at radius 3 is 2.37 bits per heavy atom. The van der Waals surface area contributed by atoms with E-state index in [1.807, 2.05) is 30.3 Å². The van der Waals surface area contributed by atoms with E-state index in [9.17, 15) is 4.79 Å². The maximum absolute atomic E-state index is 12.9. The summed E-state index contributed by atoms with van der Waals surface area (Å²) in [5, 5.41) is 0.969. The number of nitrogens with two attached hydrogens (primary N) is 1. The second-order valence-electron chi connectivity index (χ2n) is 7.26. The summed E-state index contributed by atoms with van der Waals surface area (Å²) in [7, 11) is 0. The summed E-state index contributed by atoms with van der Waals surface area (Å²) in [4.78, 5) is 20.2. The smallest absolute Gasteiger partial charge is 0.163 e. The minimum Gasteiger partial charge on any atom is -0.357 e. The number of hydrogen-bond acceptors (Lipinski definition) is 4. The number of aromatic nitrogens is 1. The second kappa shape index (κ2) is 11.7. The first-order valence-electron chi connectivity index (χ1n) is 10.6. The molecule has 1 aromatic heterocycles. The van der Waals surface area contributed by atoms with E-state index in [-0.39, 0.29) is 5.78 Å². The van der Waals surface area contributed by atoms with Gasteiger partial charge in [-0.15, -0.1) is 0 Å². The molecule has 2 N–H and O–H groups in total. The van der Waals surface area contributed by atoms with Crippen LogP contribution in [0.3, 0.4) is 0 Å². The van der Waals surface area contributed by atoms with Crippen molar-refractivity contribution in [1.29, 1.82) is 0 Å². The lowest BCUT2D eigenvalue weighted by molar-refractivity contribution is 0.0980. The number of ketones is 1. The number of fused-ring (bicyclic) bond motifs is 1. The van der Waals surface area contributed by atoms with Crippen LogP contribution in [0.2, 0.25) is 0 Å². The molecule has 0 fully saturated rings. The number of anilines is 1. The third-order valence-electron chi connectivity index (χ3n) is 5.00. The van der Waals surface area contributed by atoms with E-state index in [0.29, 0.717) is 13.0 Å². The van der Waals surface area contributed by atoms with Gasteiger partial charge in [0.05, 0.1) is 5.52 Å². The fraction of sp³-hybridized carbons (Fsp3) is 0.565. The second-order valence-corrected chi connectivity index (χ2v) is 7.26. The van der Waals surface area contributed by atoms with E-state index >= 15 is 0 Å². The molecule has 0 bridgehead atoms. The van der Waals surface area contributed by atoms with Crippen LogP contribution in [-0.2, 0) is 0 Å². The Labute approximate surface area is 164 Å². The van der Waals surface area contributed by atoms with E-state index in [1.165, 1.54) is 0 Å². The van der Waals surface area contributed by atoms with Crippen molar-refractivity contribution < 1.29 is 4.79 Å². The average Bonchev–Trinajstić information content (AvgIpc) is 2.70. The van der Waals surface area contributed by atoms with Gasteiger partial charge in [-0.3, -0.25) is 4.79 Å². The molecule has 0 saturated carbocycles. The van der Waals surface area contributed by atoms with E-state index in [0.717, 1.165) is 80.3 Å². The lowest BCUT2D eigenvalue weighted by atomic mass is 10.0. The van der Waals surface area contributed by atoms with Crippen molar-refractivity contribution in [2.75, 3.05) is 24.5 Å². The number of unbranched alkanes of at least 4 members (excludes halogenated alkanes) is 4. The molecule has 0 spiro atoms. The molecule has 2 aromatic rings. The zero-order valence-electron chi connectivity index (χ0n) is 17.0. The summed E-state index contributed by atoms with van der Waals surface area (Å²) in [5.74, 6) is 1.17. The fourth-order valence-corrected chi connectivity index (χ4v) is 3.33. The number of pyridine rings is 1. The molecule has 0 aliphatic carbocycles. The summed E-state index contributed by atoms with van der Waals surface area (Å²) in [6, 6.07) is 10.0. The van der Waals surface area contributed by atoms with Crippen molar-refractivity contribution in [3.63, 3.8) is 0 Å². The van der Waals surface area contributed by atoms with Gasteiger partial charge in [0.1, 0.15) is 5.82 Å². The summed E-state index contributed by atoms with van der Waals surface area (Å²) in [6.45, 7) is 7.10. The Hall–Kier alpha value is -1.94. The molecule has 0 atom stereocenters. The van der Waals surface area contributed by atoms with Crippen LogP contribution in [0.15, 0.2) is 30.3 Å². The quantitative estimate of drug-likeness (QED) is 0.382. The van der Waals surface area contributed by atoms with Crippen LogP contribution in [0.4, 0.5) is 5.82 Å². The van der Waals surface area contributed by atoms with Crippen molar-refractivity contribution in [2.45, 2.75) is 65.2 Å². The largest absolute Gasteiger partial charge is 0.357 e. The first-order chi connectivity index (χ1) is 13.2. The molecule has 0 aliphatic heterocycles. The van der Waals surface area contributed by atoms with Crippen LogP contribution < -0.4 is 10.6 Å². The molecule has 1 heterocycles. The lowest BCUT2D eigenvalue weighted by Crippen LogP contribution is -2.27. The third kappa shape index (κ3) is 6.31. The van der Waals surface area contributed by atoms with Gasteiger partial charge >= 0.3 is 0 Å². The van der Waals surface area contributed by atoms with Crippen LogP contribution >= 0.6 is 0 Å². The highest BCUT2D eigenvalue weighted by atomic mass is 16.1. The Morgan fingerprint density at radius 2 is 1.70 bits per heavy atom. The molecular weight excluding hydrogens is 334 g/mol. The number of carbonyl (C=O) groups excluding carboxylic acids is 1. The molecule has 2 rings (SSSR count). The number of nitrogens with zero attached hydrogens (tertiary/aromatic N) is 2. The SMILES string of the molecule is CCCCN(CCCC)c1cc(C(=O)CCCCCN)c2ccccc2n1. The minimum atomic E-state index is 0.220. The van der Waals surface area contributed by atoms with E-state index in [1.54, 1.807) is 0 Å². The van der Waals surface area contributed by atoms with E-state index < -0.39 is 0 Å². The van der Waals surface area contributed by atoms with Crippen molar-refractivity contribution in [3.05, 3.63) is 35.9 Å². The molecular formula is C23H35N3O. The molecule has 4 heteroatoms. The van der Waals surface area contributed by atoms with Gasteiger partial charge in [0.25, 0.3) is 0 Å². The van der Waals surface area contributed by atoms with Crippen molar-refractivity contribution in [1.82, 2.24) is 4.98 Å². The van der Waals surface area contributed by atoms with Crippen LogP contribution in [0.5, 0.6) is 0 Å². The zero-order chi connectivity index (χ0) is 19.5. The molecule has 27 heavy (non-hydrogen) atoms. The maximum Gasteiger partial charge on any atom is 0.163 e. The minimum absolute atomic E-state index is 0.220. The number of carbonyl (C=O) groups is 1. The molecule has 148 valence electrons. The lowest BCUT2D eigenvalue weighted by Gasteiger charge is -2.24. The van der Waals surface area contributed by atoms with Gasteiger partial charge in [-0.1, -0.05) is 51.3 Å². The van der Waals surface area contributed by atoms with E-state index in [2.05, 4.69) is 18.7 Å². The van der Waals surface area contributed by atoms with Crippen LogP contribution in [0.25, 0.3) is 10.9 Å². The number of rotatable bonds is 13. The molecule has 0 saturated heterocycles. The van der Waals surface area contributed by atoms with Crippen molar-refractivity contribution in [3.8, 4) is 0 Å². The van der Waals surface area contributed by atoms with Crippen molar-refractivity contribution in [2.24, 2.45) is 5.73 Å². The normalized spacial score (nSPS) is 11.1. The molecule has 0 amide bonds. The predicted octanol–water partition coefficient (Wildman–Crippen LogP) is 5.34. The predicted molar refractivity (Wildman–Crippen MR) is 116 cm³/mol. The van der Waals surface area contributed by atoms with Crippen LogP contribution in [-0.4, -0.2) is 30.4 Å². The first kappa shape index (κ1) is 21.4. The van der Waals surface area contributed by atoms with Gasteiger partial charge in [-0.2, -0.15) is 0 Å². The molecule has 4 nitrogen and oxygen atoms in total. The average molecular weight is 370 g/mol. The van der Waals surface area contributed by atoms with Crippen molar-refractivity contribution >= 4 is 22.5 Å². The van der Waals surface area contributed by atoms with Crippen LogP contribution in [0.1, 0.15) is 75.6 Å². The summed E-state index contributed by atoms with van der Waals surface area (Å²) < 4.78 is 0. The molecule has 0 aliphatic rings. The highest BCUT2D eigenvalue weighted by Gasteiger charge is 2.16. The fourth-order valence-electron chi connectivity index (χ4n) is 3.33. The van der Waals surface area contributed by atoms with Gasteiger partial charge in [0.15, 0.2) is 5.78 Å². The van der Waals surface area contributed by atoms with Crippen LogP contribution in [0, 0.1) is 0 Å². The highest BCUT2D eigenvalue weighted by molar-refractivity contribution is 6.08. The topological polar surface area (TPSA) is 59.2 Å². The summed E-state index contributed by atoms with van der Waals surface area (Å²) in [6.07, 6.45) is 8.07. The summed E-state index contributed by atoms with van der Waals surface area (Å²) in [5.41, 5.74) is 7.30. The first-order valence-corrected chi connectivity index (χ1v) is 10.6. The number of Topliss-reactive ketones (excluding diaryl/α,β-unsaturated/α-hetero) is 1. The molecule has 0 radical (unpaired) electrons. The van der Waals surface area contributed by atoms with E-state index in [4.69, 9.17) is 10.7 Å². The number of para-hydroxylation sites is 1. The molecule has 1 aromatic carbocycles. The van der Waals surface area contributed by atoms with Gasteiger partial charge in [0, 0.05) is 30.5 Å². The maximum atomic E-state index is 12.9. The van der Waals surface area contributed by atoms with Gasteiger partial charge in [-0.05, 0) is 44.4 Å². The Balaban J connectivity index is 2.32. The zero-order valence-corrected chi connectivity index (χ0v) is 17.0. The third-order valence-corrected chi connectivity index (χ3v) is 5.00. The standard InChI is InChI=1S/C23H35N3O/c1-3-5-16-26(17-6-4-2)23-18-20(22(27)14-8-7-11-15-24)19-12-9-10-13-21(19)25-23/h9-10,12-13,18H,3-8,11,14-17,24H2,1-2H3. The van der Waals surface area contributed by atoms with Gasteiger partial charge in [0.2, 0.25) is 0 Å². The Kier molecular flexibility index (Phi) is 9.26. The Morgan fingerprint density at radius 1 is 1.00 bits per heavy atom.